The van der Waals surface area contributed by atoms with Crippen molar-refractivity contribution in [2.45, 2.75) is 36.9 Å². The number of ether oxygens (including phenoxy) is 1. The summed E-state index contributed by atoms with van der Waals surface area (Å²) in [5.74, 6) is 1.58. The number of fused-ring (bicyclic) bond motifs is 2. The van der Waals surface area contributed by atoms with Gasteiger partial charge in [-0.05, 0) is 44.1 Å². The van der Waals surface area contributed by atoms with Crippen molar-refractivity contribution in [2.75, 3.05) is 37.8 Å². The smallest absolute Gasteiger partial charge is 0.270 e. The molecule has 178 valence electrons. The summed E-state index contributed by atoms with van der Waals surface area (Å²) in [6, 6.07) is 8.02. The van der Waals surface area contributed by atoms with Crippen molar-refractivity contribution in [2.24, 2.45) is 0 Å². The summed E-state index contributed by atoms with van der Waals surface area (Å²) in [5, 5.41) is 6.45. The minimum atomic E-state index is -0.156. The van der Waals surface area contributed by atoms with Crippen molar-refractivity contribution in [3.63, 3.8) is 0 Å². The highest BCUT2D eigenvalue weighted by atomic mass is 32.2. The van der Waals surface area contributed by atoms with E-state index in [-0.39, 0.29) is 11.5 Å². The molecule has 1 amide bonds. The molecule has 0 aliphatic carbocycles. The lowest BCUT2D eigenvalue weighted by atomic mass is 10.0. The van der Waals surface area contributed by atoms with Crippen LogP contribution in [-0.4, -0.2) is 68.9 Å². The number of rotatable bonds is 7. The summed E-state index contributed by atoms with van der Waals surface area (Å²) in [7, 11) is 1.56. The van der Waals surface area contributed by atoms with Crippen molar-refractivity contribution < 1.29 is 9.53 Å². The second kappa shape index (κ2) is 10.1. The molecule has 3 aromatic rings. The van der Waals surface area contributed by atoms with Crippen molar-refractivity contribution in [1.29, 1.82) is 0 Å². The fourth-order valence-electron chi connectivity index (χ4n) is 4.31. The second-order valence-corrected chi connectivity index (χ2v) is 9.44. The van der Waals surface area contributed by atoms with Gasteiger partial charge in [-0.15, -0.1) is 11.8 Å². The van der Waals surface area contributed by atoms with E-state index in [1.807, 2.05) is 18.2 Å². The topological polar surface area (TPSA) is 114 Å². The fourth-order valence-corrected chi connectivity index (χ4v) is 5.06. The number of pyridine rings is 2. The number of carbonyl (C=O) groups excluding carboxylic acids is 1. The van der Waals surface area contributed by atoms with Gasteiger partial charge in [0.25, 0.3) is 5.56 Å². The zero-order valence-corrected chi connectivity index (χ0v) is 19.8. The quantitative estimate of drug-likeness (QED) is 0.518. The Labute approximate surface area is 201 Å². The molecule has 1 saturated heterocycles. The van der Waals surface area contributed by atoms with Crippen LogP contribution < -0.4 is 20.9 Å². The monoisotopic (exact) mass is 481 g/mol. The molecule has 11 heteroatoms. The average Bonchev–Trinajstić information content (AvgIpc) is 2.87. The molecule has 2 aliphatic heterocycles. The summed E-state index contributed by atoms with van der Waals surface area (Å²) in [5.41, 5.74) is 2.00. The summed E-state index contributed by atoms with van der Waals surface area (Å²) >= 11 is 1.52. The zero-order chi connectivity index (χ0) is 23.5. The number of amides is 1. The third-order valence-corrected chi connectivity index (χ3v) is 7.25. The van der Waals surface area contributed by atoms with Gasteiger partial charge in [0.1, 0.15) is 11.3 Å². The number of likely N-dealkylation sites (tertiary alicyclic amines) is 1. The van der Waals surface area contributed by atoms with Gasteiger partial charge in [0.15, 0.2) is 5.65 Å². The Bertz CT molecular complexity index is 1260. The Balaban J connectivity index is 1.13. The first kappa shape index (κ1) is 22.8. The third-order valence-electron chi connectivity index (χ3n) is 6.21. The van der Waals surface area contributed by atoms with Crippen molar-refractivity contribution in [1.82, 2.24) is 29.7 Å². The van der Waals surface area contributed by atoms with E-state index in [1.54, 1.807) is 17.7 Å². The van der Waals surface area contributed by atoms with Crippen LogP contribution in [0.2, 0.25) is 0 Å². The highest BCUT2D eigenvalue weighted by Gasteiger charge is 2.20. The standard InChI is InChI=1S/C23H27N7O3S/c1-33-20-5-3-17-23(28-20)30(21(32)13-25-17)11-10-29-8-6-15(7-9-29)24-12-16-2-4-18-22(26-16)27-19(31)14-34-18/h2-5,13,15,24H,6-12,14H2,1H3,(H,26,27,31). The van der Waals surface area contributed by atoms with Crippen LogP contribution in [0.5, 0.6) is 5.88 Å². The maximum absolute atomic E-state index is 12.4. The number of aromatic nitrogens is 4. The molecule has 34 heavy (non-hydrogen) atoms. The van der Waals surface area contributed by atoms with E-state index < -0.39 is 0 Å². The van der Waals surface area contributed by atoms with Gasteiger partial charge in [-0.25, -0.2) is 9.97 Å². The second-order valence-electron chi connectivity index (χ2n) is 8.43. The largest absolute Gasteiger partial charge is 0.481 e. The summed E-state index contributed by atoms with van der Waals surface area (Å²) in [6.45, 7) is 3.91. The predicted octanol–water partition coefficient (Wildman–Crippen LogP) is 1.49. The van der Waals surface area contributed by atoms with Crippen molar-refractivity contribution >= 4 is 34.7 Å². The molecular weight excluding hydrogens is 454 g/mol. The molecule has 0 unspecified atom stereocenters. The average molecular weight is 482 g/mol. The molecule has 2 aliphatic rings. The fraction of sp³-hybridized carbons (Fsp3) is 0.435. The van der Waals surface area contributed by atoms with E-state index in [4.69, 9.17) is 4.74 Å². The van der Waals surface area contributed by atoms with E-state index in [2.05, 4.69) is 30.5 Å². The molecule has 0 spiro atoms. The Morgan fingerprint density at radius 3 is 2.82 bits per heavy atom. The van der Waals surface area contributed by atoms with Crippen LogP contribution in [0.3, 0.4) is 0 Å². The number of nitrogens with one attached hydrogen (secondary N) is 2. The lowest BCUT2D eigenvalue weighted by Gasteiger charge is -2.32. The first-order valence-corrected chi connectivity index (χ1v) is 12.4. The zero-order valence-electron chi connectivity index (χ0n) is 19.0. The maximum atomic E-state index is 12.4. The number of hydrogen-bond donors (Lipinski definition) is 2. The summed E-state index contributed by atoms with van der Waals surface area (Å²) < 4.78 is 6.89. The van der Waals surface area contributed by atoms with Gasteiger partial charge in [-0.2, -0.15) is 4.98 Å². The first-order valence-electron chi connectivity index (χ1n) is 11.4. The van der Waals surface area contributed by atoms with E-state index in [0.29, 0.717) is 47.7 Å². The van der Waals surface area contributed by atoms with Crippen LogP contribution in [0.4, 0.5) is 5.82 Å². The third kappa shape index (κ3) is 5.06. The molecule has 0 aromatic carbocycles. The Kier molecular flexibility index (Phi) is 6.75. The van der Waals surface area contributed by atoms with Gasteiger partial charge in [0, 0.05) is 31.7 Å². The number of carbonyl (C=O) groups is 1. The van der Waals surface area contributed by atoms with Gasteiger partial charge in [0.05, 0.1) is 29.6 Å². The first-order chi connectivity index (χ1) is 16.6. The lowest BCUT2D eigenvalue weighted by Crippen LogP contribution is -2.43. The van der Waals surface area contributed by atoms with Crippen LogP contribution in [0, 0.1) is 0 Å². The van der Waals surface area contributed by atoms with Gasteiger partial charge < -0.3 is 20.3 Å². The molecule has 3 aromatic heterocycles. The summed E-state index contributed by atoms with van der Waals surface area (Å²) in [6.07, 6.45) is 3.40. The molecule has 10 nitrogen and oxygen atoms in total. The van der Waals surface area contributed by atoms with Crippen LogP contribution in [0.25, 0.3) is 11.2 Å². The molecular formula is C23H27N7O3S. The van der Waals surface area contributed by atoms with Crippen LogP contribution in [-0.2, 0) is 17.9 Å². The number of thioether (sulfide) groups is 1. The van der Waals surface area contributed by atoms with Gasteiger partial charge >= 0.3 is 0 Å². The molecule has 5 rings (SSSR count). The maximum Gasteiger partial charge on any atom is 0.270 e. The SMILES string of the molecule is COc1ccc2ncc(=O)n(CCN3CCC(NCc4ccc5c(n4)NC(=O)CS5)CC3)c2n1. The van der Waals surface area contributed by atoms with Crippen molar-refractivity contribution in [3.05, 3.63) is 46.5 Å². The highest BCUT2D eigenvalue weighted by Crippen LogP contribution is 2.29. The van der Waals surface area contributed by atoms with Crippen molar-refractivity contribution in [3.8, 4) is 5.88 Å². The van der Waals surface area contributed by atoms with E-state index in [1.165, 1.54) is 18.0 Å². The number of anilines is 1. The minimum absolute atomic E-state index is 0.000531. The molecule has 0 saturated carbocycles. The molecule has 0 atom stereocenters. The van der Waals surface area contributed by atoms with E-state index in [0.717, 1.165) is 43.1 Å². The minimum Gasteiger partial charge on any atom is -0.481 e. The number of methoxy groups -OCH3 is 1. The van der Waals surface area contributed by atoms with E-state index >= 15 is 0 Å². The van der Waals surface area contributed by atoms with Gasteiger partial charge in [-0.3, -0.25) is 14.2 Å². The molecule has 0 radical (unpaired) electrons. The normalized spacial score (nSPS) is 16.9. The number of piperidine rings is 1. The molecule has 2 N–H and O–H groups in total. The molecule has 0 bridgehead atoms. The Hall–Kier alpha value is -3.02. The van der Waals surface area contributed by atoms with Crippen LogP contribution in [0.15, 0.2) is 40.2 Å². The molecule has 1 fully saturated rings. The van der Waals surface area contributed by atoms with Crippen LogP contribution >= 0.6 is 11.8 Å². The van der Waals surface area contributed by atoms with Gasteiger partial charge in [-0.1, -0.05) is 0 Å². The Morgan fingerprint density at radius 1 is 1.15 bits per heavy atom. The summed E-state index contributed by atoms with van der Waals surface area (Å²) in [4.78, 5) is 40.7. The number of hydrogen-bond acceptors (Lipinski definition) is 9. The van der Waals surface area contributed by atoms with E-state index in [9.17, 15) is 9.59 Å². The van der Waals surface area contributed by atoms with Gasteiger partial charge in [0.2, 0.25) is 11.8 Å². The molecule has 5 heterocycles. The Morgan fingerprint density at radius 2 is 2.00 bits per heavy atom. The number of nitrogens with zero attached hydrogens (tertiary/aromatic N) is 5. The van der Waals surface area contributed by atoms with Crippen LogP contribution in [0.1, 0.15) is 18.5 Å². The predicted molar refractivity (Wildman–Crippen MR) is 130 cm³/mol. The highest BCUT2D eigenvalue weighted by molar-refractivity contribution is 8.00. The lowest BCUT2D eigenvalue weighted by molar-refractivity contribution is -0.113.